The zero-order valence-electron chi connectivity index (χ0n) is 9.67. The van der Waals surface area contributed by atoms with Crippen molar-refractivity contribution in [2.24, 2.45) is 0 Å². The van der Waals surface area contributed by atoms with Crippen LogP contribution in [0.15, 0.2) is 34.9 Å². The molecule has 0 spiro atoms. The van der Waals surface area contributed by atoms with Gasteiger partial charge in [0.05, 0.1) is 10.2 Å². The molecule has 1 aromatic heterocycles. The summed E-state index contributed by atoms with van der Waals surface area (Å²) in [6.45, 7) is 2.33. The monoisotopic (exact) mass is 312 g/mol. The molecule has 2 rings (SSSR count). The molecule has 94 valence electrons. The lowest BCUT2D eigenvalue weighted by molar-refractivity contribution is 0.580. The minimum absolute atomic E-state index is 0.230. The summed E-state index contributed by atoms with van der Waals surface area (Å²) in [5.41, 5.74) is 2.11. The van der Waals surface area contributed by atoms with Crippen molar-refractivity contribution in [2.75, 3.05) is 5.32 Å². The summed E-state index contributed by atoms with van der Waals surface area (Å²) in [6.07, 6.45) is 1.72. The van der Waals surface area contributed by atoms with Crippen LogP contribution >= 0.6 is 15.9 Å². The van der Waals surface area contributed by atoms with Gasteiger partial charge in [-0.3, -0.25) is 4.98 Å². The molecular weight excluding hydrogens is 302 g/mol. The largest absolute Gasteiger partial charge is 0.379 e. The Hall–Kier alpha value is -1.49. The minimum Gasteiger partial charge on any atom is -0.379 e. The zero-order chi connectivity index (χ0) is 13.1. The van der Waals surface area contributed by atoms with Crippen molar-refractivity contribution in [3.05, 3.63) is 57.8 Å². The quantitative estimate of drug-likeness (QED) is 0.865. The second-order valence-corrected chi connectivity index (χ2v) is 4.76. The van der Waals surface area contributed by atoms with Gasteiger partial charge >= 0.3 is 0 Å². The van der Waals surface area contributed by atoms with Gasteiger partial charge in [-0.1, -0.05) is 6.07 Å². The number of nitrogens with zero attached hydrogens (tertiary/aromatic N) is 1. The van der Waals surface area contributed by atoms with Gasteiger partial charge in [0.25, 0.3) is 0 Å². The second-order valence-electron chi connectivity index (χ2n) is 3.91. The number of halogens is 3. The van der Waals surface area contributed by atoms with Crippen LogP contribution in [-0.2, 0) is 6.54 Å². The number of benzene rings is 1. The van der Waals surface area contributed by atoms with Gasteiger partial charge in [-0.25, -0.2) is 8.78 Å². The third-order valence-electron chi connectivity index (χ3n) is 2.47. The molecule has 0 atom stereocenters. The van der Waals surface area contributed by atoms with E-state index in [1.807, 2.05) is 19.1 Å². The van der Waals surface area contributed by atoms with Crippen molar-refractivity contribution in [1.82, 2.24) is 4.98 Å². The van der Waals surface area contributed by atoms with Crippen molar-refractivity contribution in [2.45, 2.75) is 13.5 Å². The molecule has 18 heavy (non-hydrogen) atoms. The Balaban J connectivity index is 2.10. The molecule has 0 saturated carbocycles. The first-order valence-corrected chi connectivity index (χ1v) is 6.15. The van der Waals surface area contributed by atoms with Crippen LogP contribution in [0.25, 0.3) is 0 Å². The van der Waals surface area contributed by atoms with E-state index >= 15 is 0 Å². The van der Waals surface area contributed by atoms with Crippen molar-refractivity contribution >= 4 is 21.6 Å². The first kappa shape index (κ1) is 13.0. The normalized spacial score (nSPS) is 10.4. The van der Waals surface area contributed by atoms with Gasteiger partial charge in [-0.15, -0.1) is 0 Å². The van der Waals surface area contributed by atoms with E-state index in [2.05, 4.69) is 26.2 Å². The number of anilines is 1. The number of aryl methyl sites for hydroxylation is 1. The van der Waals surface area contributed by atoms with Gasteiger partial charge in [0.15, 0.2) is 0 Å². The Bertz CT molecular complexity index is 556. The molecule has 0 aliphatic carbocycles. The Morgan fingerprint density at radius 1 is 1.22 bits per heavy atom. The molecule has 0 amide bonds. The molecule has 1 aromatic carbocycles. The average Bonchev–Trinajstić information content (AvgIpc) is 2.34. The zero-order valence-corrected chi connectivity index (χ0v) is 11.3. The lowest BCUT2D eigenvalue weighted by Gasteiger charge is -2.08. The Labute approximate surface area is 112 Å². The predicted molar refractivity (Wildman–Crippen MR) is 70.4 cm³/mol. The molecular formula is C13H11BrF2N2. The van der Waals surface area contributed by atoms with Crippen LogP contribution in [-0.4, -0.2) is 4.98 Å². The maximum absolute atomic E-state index is 13.5. The molecule has 0 unspecified atom stereocenters. The number of nitrogens with one attached hydrogen (secondary N) is 1. The SMILES string of the molecule is Cc1ccc(CNc2cc(Br)c(F)cc2F)cn1. The molecule has 2 nitrogen and oxygen atoms in total. The molecule has 1 heterocycles. The highest BCUT2D eigenvalue weighted by molar-refractivity contribution is 9.10. The maximum Gasteiger partial charge on any atom is 0.149 e. The minimum atomic E-state index is -0.616. The second kappa shape index (κ2) is 5.44. The summed E-state index contributed by atoms with van der Waals surface area (Å²) in [7, 11) is 0. The van der Waals surface area contributed by atoms with E-state index in [0.29, 0.717) is 6.54 Å². The molecule has 0 saturated heterocycles. The van der Waals surface area contributed by atoms with Crippen LogP contribution < -0.4 is 5.32 Å². The lowest BCUT2D eigenvalue weighted by atomic mass is 10.2. The van der Waals surface area contributed by atoms with E-state index in [-0.39, 0.29) is 10.2 Å². The molecule has 0 aliphatic heterocycles. The summed E-state index contributed by atoms with van der Waals surface area (Å²) >= 11 is 3.02. The van der Waals surface area contributed by atoms with E-state index in [9.17, 15) is 8.78 Å². The topological polar surface area (TPSA) is 24.9 Å². The van der Waals surface area contributed by atoms with Gasteiger partial charge in [0.2, 0.25) is 0 Å². The number of hydrogen-bond acceptors (Lipinski definition) is 2. The van der Waals surface area contributed by atoms with Crippen LogP contribution in [0.5, 0.6) is 0 Å². The summed E-state index contributed by atoms with van der Waals surface area (Å²) < 4.78 is 26.7. The Morgan fingerprint density at radius 2 is 2.00 bits per heavy atom. The standard InChI is InChI=1S/C13H11BrF2N2/c1-8-2-3-9(6-17-8)7-18-13-4-10(14)11(15)5-12(13)16/h2-6,18H,7H2,1H3. The fraction of sp³-hybridized carbons (Fsp3) is 0.154. The van der Waals surface area contributed by atoms with Crippen molar-refractivity contribution in [1.29, 1.82) is 0 Å². The summed E-state index contributed by atoms with van der Waals surface area (Å²) in [6, 6.07) is 6.02. The van der Waals surface area contributed by atoms with Crippen LogP contribution in [0.1, 0.15) is 11.3 Å². The highest BCUT2D eigenvalue weighted by atomic mass is 79.9. The Morgan fingerprint density at radius 3 is 2.67 bits per heavy atom. The van der Waals surface area contributed by atoms with Crippen LogP contribution in [0.3, 0.4) is 0 Å². The first-order valence-electron chi connectivity index (χ1n) is 5.36. The number of aromatic nitrogens is 1. The average molecular weight is 313 g/mol. The first-order chi connectivity index (χ1) is 8.56. The molecule has 0 aliphatic rings. The van der Waals surface area contributed by atoms with E-state index in [0.717, 1.165) is 17.3 Å². The number of rotatable bonds is 3. The van der Waals surface area contributed by atoms with Gasteiger partial charge in [-0.05, 0) is 40.5 Å². The third-order valence-corrected chi connectivity index (χ3v) is 3.07. The molecule has 0 fully saturated rings. The van der Waals surface area contributed by atoms with Gasteiger partial charge < -0.3 is 5.32 Å². The molecule has 5 heteroatoms. The lowest BCUT2D eigenvalue weighted by Crippen LogP contribution is -2.02. The summed E-state index contributed by atoms with van der Waals surface area (Å²) in [5.74, 6) is -1.23. The Kier molecular flexibility index (Phi) is 3.91. The third kappa shape index (κ3) is 3.04. The van der Waals surface area contributed by atoms with Crippen LogP contribution in [0.2, 0.25) is 0 Å². The van der Waals surface area contributed by atoms with Crippen molar-refractivity contribution < 1.29 is 8.78 Å². The van der Waals surface area contributed by atoms with E-state index < -0.39 is 11.6 Å². The number of pyridine rings is 1. The fourth-order valence-electron chi connectivity index (χ4n) is 1.46. The fourth-order valence-corrected chi connectivity index (χ4v) is 1.80. The van der Waals surface area contributed by atoms with E-state index in [4.69, 9.17) is 0 Å². The molecule has 1 N–H and O–H groups in total. The van der Waals surface area contributed by atoms with Crippen LogP contribution in [0, 0.1) is 18.6 Å². The smallest absolute Gasteiger partial charge is 0.149 e. The summed E-state index contributed by atoms with van der Waals surface area (Å²) in [5, 5.41) is 2.91. The maximum atomic E-state index is 13.5. The van der Waals surface area contributed by atoms with E-state index in [1.54, 1.807) is 6.20 Å². The molecule has 2 aromatic rings. The van der Waals surface area contributed by atoms with Crippen molar-refractivity contribution in [3.8, 4) is 0 Å². The highest BCUT2D eigenvalue weighted by Crippen LogP contribution is 2.24. The van der Waals surface area contributed by atoms with Crippen molar-refractivity contribution in [3.63, 3.8) is 0 Å². The molecule has 0 radical (unpaired) electrons. The van der Waals surface area contributed by atoms with Crippen LogP contribution in [0.4, 0.5) is 14.5 Å². The molecule has 0 bridgehead atoms. The van der Waals surface area contributed by atoms with Gasteiger partial charge in [-0.2, -0.15) is 0 Å². The number of hydrogen-bond donors (Lipinski definition) is 1. The van der Waals surface area contributed by atoms with Gasteiger partial charge in [0, 0.05) is 24.5 Å². The van der Waals surface area contributed by atoms with Gasteiger partial charge in [0.1, 0.15) is 11.6 Å². The highest BCUT2D eigenvalue weighted by Gasteiger charge is 2.07. The van der Waals surface area contributed by atoms with E-state index in [1.165, 1.54) is 6.07 Å². The summed E-state index contributed by atoms with van der Waals surface area (Å²) in [4.78, 5) is 4.14. The predicted octanol–water partition coefficient (Wildman–Crippen LogP) is 4.04.